The molecule has 0 radical (unpaired) electrons. The van der Waals surface area contributed by atoms with Crippen LogP contribution in [0.15, 0.2) is 16.5 Å². The fourth-order valence-electron chi connectivity index (χ4n) is 3.10. The number of nitrogens with zero attached hydrogens (tertiary/aromatic N) is 3. The number of aliphatic hydroxyl groups is 1. The van der Waals surface area contributed by atoms with E-state index in [9.17, 15) is 10.3 Å². The Kier molecular flexibility index (Phi) is 5.26. The van der Waals surface area contributed by atoms with E-state index < -0.39 is 6.10 Å². The molecular formula is C15H20Cl2N4O2. The molecule has 0 aromatic carbocycles. The molecule has 6 nitrogen and oxygen atoms in total. The second-order valence-electron chi connectivity index (χ2n) is 6.05. The lowest BCUT2D eigenvalue weighted by Gasteiger charge is -2.29. The Morgan fingerprint density at radius 2 is 2.35 bits per heavy atom. The average molecular weight is 359 g/mol. The van der Waals surface area contributed by atoms with Gasteiger partial charge in [0.25, 0.3) is 0 Å². The summed E-state index contributed by atoms with van der Waals surface area (Å²) in [5.74, 6) is 0. The number of aliphatic hydroxyl groups excluding tert-OH is 1. The van der Waals surface area contributed by atoms with Crippen LogP contribution in [-0.4, -0.2) is 49.6 Å². The van der Waals surface area contributed by atoms with Crippen LogP contribution >= 0.6 is 23.2 Å². The Bertz CT molecular complexity index is 629. The lowest BCUT2D eigenvalue weighted by molar-refractivity contribution is 0.0986. The van der Waals surface area contributed by atoms with Crippen LogP contribution in [-0.2, 0) is 13.0 Å². The number of fused-ring (bicyclic) bond motifs is 1. The van der Waals surface area contributed by atoms with Crippen molar-refractivity contribution >= 4 is 35.0 Å². The minimum absolute atomic E-state index is 0.0830. The van der Waals surface area contributed by atoms with Gasteiger partial charge in [0.15, 0.2) is 0 Å². The van der Waals surface area contributed by atoms with E-state index in [1.807, 2.05) is 10.6 Å². The zero-order chi connectivity index (χ0) is 16.4. The minimum Gasteiger partial charge on any atom is -0.411 e. The normalized spacial score (nSPS) is 28.4. The summed E-state index contributed by atoms with van der Waals surface area (Å²) in [7, 11) is 0. The topological polar surface area (TPSA) is 82.7 Å². The number of hydrogen-bond donors (Lipinski definition) is 3. The first-order valence-corrected chi connectivity index (χ1v) is 8.56. The molecule has 1 saturated heterocycles. The number of rotatable bonds is 4. The summed E-state index contributed by atoms with van der Waals surface area (Å²) in [5, 5.41) is 26.4. The molecule has 3 N–H and O–H groups in total. The molecule has 23 heavy (non-hydrogen) atoms. The highest BCUT2D eigenvalue weighted by atomic mass is 35.5. The fraction of sp³-hybridized carbons (Fsp3) is 0.600. The van der Waals surface area contributed by atoms with Crippen LogP contribution < -0.4 is 5.32 Å². The Hall–Kier alpha value is -1.08. The summed E-state index contributed by atoms with van der Waals surface area (Å²) >= 11 is 12.3. The Balaban J connectivity index is 1.72. The summed E-state index contributed by atoms with van der Waals surface area (Å²) in [6.45, 7) is 1.27. The number of nitrogens with one attached hydrogen (secondary N) is 1. The summed E-state index contributed by atoms with van der Waals surface area (Å²) in [5.41, 5.74) is 2.37. The number of allylic oxidation sites excluding steroid dienone is 1. The van der Waals surface area contributed by atoms with Crippen molar-refractivity contribution in [1.29, 1.82) is 0 Å². The van der Waals surface area contributed by atoms with E-state index in [-0.39, 0.29) is 11.4 Å². The maximum atomic E-state index is 10.0. The van der Waals surface area contributed by atoms with Crippen molar-refractivity contribution in [3.63, 3.8) is 0 Å². The third kappa shape index (κ3) is 3.71. The smallest absolute Gasteiger partial charge is 0.0957 e. The SMILES string of the molecule is O/N=C(/C[C@H]1NCCC[C@@H]1O)Cn1cnc2c1C=C(Cl)C(Cl)C2. The van der Waals surface area contributed by atoms with Crippen LogP contribution in [0.4, 0.5) is 0 Å². The number of hydrogen-bond acceptors (Lipinski definition) is 5. The maximum Gasteiger partial charge on any atom is 0.0957 e. The summed E-state index contributed by atoms with van der Waals surface area (Å²) in [6, 6.07) is -0.0830. The van der Waals surface area contributed by atoms with Gasteiger partial charge < -0.3 is 20.2 Å². The predicted octanol–water partition coefficient (Wildman–Crippen LogP) is 1.96. The molecule has 0 amide bonds. The highest BCUT2D eigenvalue weighted by Gasteiger charge is 2.26. The standard InChI is InChI=1S/C15H20Cl2N4O2/c16-10-5-12-14(6-11(10)17)21(8-19-12)7-9(20-23)4-13-15(22)2-1-3-18-13/h6,8,10,13,15,18,22-23H,1-5,7H2/b20-9-/t10?,13-,15+/m1/s1. The van der Waals surface area contributed by atoms with Crippen molar-refractivity contribution < 1.29 is 10.3 Å². The van der Waals surface area contributed by atoms with E-state index in [1.165, 1.54) is 0 Å². The molecule has 1 aromatic heterocycles. The zero-order valence-corrected chi connectivity index (χ0v) is 14.1. The van der Waals surface area contributed by atoms with Gasteiger partial charge in [0.2, 0.25) is 0 Å². The van der Waals surface area contributed by atoms with Crippen LogP contribution in [0.3, 0.4) is 0 Å². The van der Waals surface area contributed by atoms with Gasteiger partial charge in [-0.1, -0.05) is 16.8 Å². The van der Waals surface area contributed by atoms with Crippen molar-refractivity contribution in [2.45, 2.75) is 49.8 Å². The number of oxime groups is 1. The monoisotopic (exact) mass is 358 g/mol. The summed E-state index contributed by atoms with van der Waals surface area (Å²) in [6.07, 6.45) is 5.91. The second-order valence-corrected chi connectivity index (χ2v) is 7.01. The molecule has 1 fully saturated rings. The van der Waals surface area contributed by atoms with E-state index in [1.54, 1.807) is 6.33 Å². The molecule has 2 aliphatic rings. The molecule has 0 saturated carbocycles. The molecule has 3 rings (SSSR count). The third-order valence-corrected chi connectivity index (χ3v) is 5.28. The van der Waals surface area contributed by atoms with E-state index in [4.69, 9.17) is 23.2 Å². The molecule has 1 aliphatic carbocycles. The first-order chi connectivity index (χ1) is 11.1. The lowest BCUT2D eigenvalue weighted by Crippen LogP contribution is -2.46. The highest BCUT2D eigenvalue weighted by Crippen LogP contribution is 2.29. The first kappa shape index (κ1) is 16.8. The van der Waals surface area contributed by atoms with Gasteiger partial charge in [-0.2, -0.15) is 0 Å². The largest absolute Gasteiger partial charge is 0.411 e. The Labute approximate surface area is 144 Å². The molecule has 1 aliphatic heterocycles. The van der Waals surface area contributed by atoms with Gasteiger partial charge in [0, 0.05) is 23.9 Å². The molecular weight excluding hydrogens is 339 g/mol. The van der Waals surface area contributed by atoms with Gasteiger partial charge in [0.05, 0.1) is 41.5 Å². The molecule has 0 spiro atoms. The fourth-order valence-corrected chi connectivity index (χ4v) is 3.49. The number of aromatic nitrogens is 2. The van der Waals surface area contributed by atoms with Crippen molar-refractivity contribution in [2.75, 3.05) is 6.54 Å². The van der Waals surface area contributed by atoms with Gasteiger partial charge in [-0.15, -0.1) is 11.6 Å². The van der Waals surface area contributed by atoms with Crippen LogP contribution in [0.1, 0.15) is 30.7 Å². The molecule has 0 bridgehead atoms. The molecule has 8 heteroatoms. The third-order valence-electron chi connectivity index (χ3n) is 4.40. The molecule has 1 unspecified atom stereocenters. The second kappa shape index (κ2) is 7.21. The first-order valence-electron chi connectivity index (χ1n) is 7.75. The Morgan fingerprint density at radius 1 is 1.52 bits per heavy atom. The van der Waals surface area contributed by atoms with Gasteiger partial charge in [-0.3, -0.25) is 0 Å². The highest BCUT2D eigenvalue weighted by molar-refractivity contribution is 6.39. The van der Waals surface area contributed by atoms with Crippen LogP contribution in [0.25, 0.3) is 6.08 Å². The number of imidazole rings is 1. The molecule has 1 aromatic rings. The lowest BCUT2D eigenvalue weighted by atomic mass is 9.96. The van der Waals surface area contributed by atoms with Crippen molar-refractivity contribution in [3.05, 3.63) is 22.7 Å². The van der Waals surface area contributed by atoms with Crippen LogP contribution in [0.5, 0.6) is 0 Å². The maximum absolute atomic E-state index is 10.0. The van der Waals surface area contributed by atoms with Gasteiger partial charge in [-0.05, 0) is 25.5 Å². The number of alkyl halides is 1. The van der Waals surface area contributed by atoms with E-state index in [0.29, 0.717) is 30.1 Å². The minimum atomic E-state index is -0.413. The molecule has 3 atom stereocenters. The van der Waals surface area contributed by atoms with Crippen molar-refractivity contribution in [2.24, 2.45) is 5.16 Å². The van der Waals surface area contributed by atoms with Gasteiger partial charge in [0.1, 0.15) is 0 Å². The van der Waals surface area contributed by atoms with E-state index >= 15 is 0 Å². The number of piperidine rings is 1. The predicted molar refractivity (Wildman–Crippen MR) is 90.3 cm³/mol. The van der Waals surface area contributed by atoms with Crippen LogP contribution in [0.2, 0.25) is 0 Å². The molecule has 2 heterocycles. The van der Waals surface area contributed by atoms with E-state index in [0.717, 1.165) is 30.8 Å². The summed E-state index contributed by atoms with van der Waals surface area (Å²) < 4.78 is 1.89. The quantitative estimate of drug-likeness (QED) is 0.332. The van der Waals surface area contributed by atoms with Gasteiger partial charge in [-0.25, -0.2) is 4.98 Å². The van der Waals surface area contributed by atoms with E-state index in [2.05, 4.69) is 15.5 Å². The number of halogens is 2. The van der Waals surface area contributed by atoms with Gasteiger partial charge >= 0.3 is 0 Å². The average Bonchev–Trinajstić information content (AvgIpc) is 2.91. The van der Waals surface area contributed by atoms with Crippen molar-refractivity contribution in [3.8, 4) is 0 Å². The zero-order valence-electron chi connectivity index (χ0n) is 12.6. The van der Waals surface area contributed by atoms with Crippen LogP contribution in [0, 0.1) is 0 Å². The molecule has 126 valence electrons. The van der Waals surface area contributed by atoms with Crippen molar-refractivity contribution in [1.82, 2.24) is 14.9 Å². The Morgan fingerprint density at radius 3 is 3.09 bits per heavy atom. The summed E-state index contributed by atoms with van der Waals surface area (Å²) in [4.78, 5) is 4.36.